The molecule has 6 nitrogen and oxygen atoms in total. The highest BCUT2D eigenvalue weighted by molar-refractivity contribution is 6.32. The topological polar surface area (TPSA) is 96.3 Å². The van der Waals surface area contributed by atoms with Gasteiger partial charge in [-0.2, -0.15) is 5.26 Å². The molecule has 0 heterocycles. The van der Waals surface area contributed by atoms with E-state index in [2.05, 4.69) is 5.32 Å². The number of nitriles is 1. The van der Waals surface area contributed by atoms with E-state index in [9.17, 15) is 14.4 Å². The summed E-state index contributed by atoms with van der Waals surface area (Å²) in [6.45, 7) is 3.39. The third-order valence-corrected chi connectivity index (χ3v) is 4.44. The average molecular weight is 399 g/mol. The van der Waals surface area contributed by atoms with Gasteiger partial charge in [-0.15, -0.1) is 0 Å². The fourth-order valence-corrected chi connectivity index (χ4v) is 2.60. The average Bonchev–Trinajstić information content (AvgIpc) is 2.66. The summed E-state index contributed by atoms with van der Waals surface area (Å²) in [5.41, 5.74) is 3.32. The highest BCUT2D eigenvalue weighted by Crippen LogP contribution is 2.20. The van der Waals surface area contributed by atoms with Gasteiger partial charge in [0.15, 0.2) is 12.4 Å². The van der Waals surface area contributed by atoms with E-state index in [1.54, 1.807) is 12.1 Å². The van der Waals surface area contributed by atoms with Gasteiger partial charge < -0.3 is 10.1 Å². The van der Waals surface area contributed by atoms with Crippen LogP contribution in [0.2, 0.25) is 5.02 Å². The highest BCUT2D eigenvalue weighted by atomic mass is 35.5. The molecular formula is C21H19ClN2O4. The van der Waals surface area contributed by atoms with E-state index in [0.717, 1.165) is 11.1 Å². The molecule has 0 radical (unpaired) electrons. The molecule has 144 valence electrons. The predicted octanol–water partition coefficient (Wildman–Crippen LogP) is 3.97. The van der Waals surface area contributed by atoms with Crippen molar-refractivity contribution >= 4 is 34.9 Å². The fraction of sp³-hybridized carbons (Fsp3) is 0.238. The van der Waals surface area contributed by atoms with Crippen molar-refractivity contribution in [2.75, 3.05) is 11.9 Å². The van der Waals surface area contributed by atoms with E-state index >= 15 is 0 Å². The molecule has 2 aromatic carbocycles. The number of nitrogens with one attached hydrogen (secondary N) is 1. The molecule has 7 heteroatoms. The first-order valence-corrected chi connectivity index (χ1v) is 8.93. The van der Waals surface area contributed by atoms with Gasteiger partial charge in [-0.1, -0.05) is 23.7 Å². The number of Topliss-reactive ketones (excluding diaryl/α,β-unsaturated/α-hetero) is 1. The molecule has 0 unspecified atom stereocenters. The number of ether oxygens (including phenoxy) is 1. The molecule has 0 saturated heterocycles. The van der Waals surface area contributed by atoms with Crippen LogP contribution in [0.5, 0.6) is 0 Å². The Bertz CT molecular complexity index is 963. The maximum Gasteiger partial charge on any atom is 0.306 e. The van der Waals surface area contributed by atoms with Crippen LogP contribution in [0.15, 0.2) is 36.4 Å². The van der Waals surface area contributed by atoms with E-state index in [0.29, 0.717) is 16.8 Å². The molecule has 1 N–H and O–H groups in total. The summed E-state index contributed by atoms with van der Waals surface area (Å²) in [6.07, 6.45) is -0.101. The van der Waals surface area contributed by atoms with Gasteiger partial charge in [-0.25, -0.2) is 0 Å². The quantitative estimate of drug-likeness (QED) is 0.562. The van der Waals surface area contributed by atoms with E-state index in [-0.39, 0.29) is 23.6 Å². The van der Waals surface area contributed by atoms with Crippen molar-refractivity contribution in [2.24, 2.45) is 0 Å². The second-order valence-corrected chi connectivity index (χ2v) is 6.64. The summed E-state index contributed by atoms with van der Waals surface area (Å²) in [5.74, 6) is -1.34. The molecule has 2 rings (SSSR count). The van der Waals surface area contributed by atoms with Crippen LogP contribution in [0, 0.1) is 25.2 Å². The van der Waals surface area contributed by atoms with Crippen molar-refractivity contribution in [3.05, 3.63) is 63.7 Å². The molecule has 0 aliphatic heterocycles. The molecule has 1 amide bonds. The summed E-state index contributed by atoms with van der Waals surface area (Å²) < 4.78 is 4.89. The van der Waals surface area contributed by atoms with Gasteiger partial charge in [0.1, 0.15) is 6.07 Å². The maximum atomic E-state index is 12.2. The minimum Gasteiger partial charge on any atom is -0.456 e. The van der Waals surface area contributed by atoms with E-state index in [4.69, 9.17) is 21.6 Å². The number of hydrogen-bond acceptors (Lipinski definition) is 5. The van der Waals surface area contributed by atoms with Crippen LogP contribution >= 0.6 is 11.6 Å². The molecule has 0 aliphatic rings. The van der Waals surface area contributed by atoms with Crippen molar-refractivity contribution in [2.45, 2.75) is 26.7 Å². The van der Waals surface area contributed by atoms with Gasteiger partial charge in [0.2, 0.25) is 0 Å². The van der Waals surface area contributed by atoms with Crippen LogP contribution in [-0.2, 0) is 14.3 Å². The number of hydrogen-bond donors (Lipinski definition) is 1. The third kappa shape index (κ3) is 5.93. The summed E-state index contributed by atoms with van der Waals surface area (Å²) >= 11 is 5.89. The Balaban J connectivity index is 1.78. The zero-order chi connectivity index (χ0) is 20.7. The Morgan fingerprint density at radius 3 is 2.46 bits per heavy atom. The van der Waals surface area contributed by atoms with Crippen molar-refractivity contribution in [3.8, 4) is 6.07 Å². The number of benzene rings is 2. The first-order valence-electron chi connectivity index (χ1n) is 8.55. The Labute approximate surface area is 168 Å². The van der Waals surface area contributed by atoms with Gasteiger partial charge in [-0.05, 0) is 49.2 Å². The molecule has 0 atom stereocenters. The number of aryl methyl sites for hydroxylation is 2. The van der Waals surface area contributed by atoms with Crippen LogP contribution < -0.4 is 5.32 Å². The number of carbonyl (C=O) groups excluding carboxylic acids is 3. The highest BCUT2D eigenvalue weighted by Gasteiger charge is 2.13. The zero-order valence-electron chi connectivity index (χ0n) is 15.5. The summed E-state index contributed by atoms with van der Waals surface area (Å²) in [7, 11) is 0. The van der Waals surface area contributed by atoms with Crippen LogP contribution in [-0.4, -0.2) is 24.3 Å². The number of esters is 1. The van der Waals surface area contributed by atoms with E-state index in [1.165, 1.54) is 18.2 Å². The second-order valence-electron chi connectivity index (χ2n) is 6.24. The van der Waals surface area contributed by atoms with Crippen LogP contribution in [0.4, 0.5) is 5.69 Å². The number of carbonyl (C=O) groups is 3. The molecule has 0 aromatic heterocycles. The second kappa shape index (κ2) is 9.67. The minimum atomic E-state index is -0.634. The minimum absolute atomic E-state index is 0.00812. The predicted molar refractivity (Wildman–Crippen MR) is 105 cm³/mol. The largest absolute Gasteiger partial charge is 0.456 e. The smallest absolute Gasteiger partial charge is 0.306 e. The van der Waals surface area contributed by atoms with E-state index in [1.807, 2.05) is 26.0 Å². The normalized spacial score (nSPS) is 10.1. The third-order valence-electron chi connectivity index (χ3n) is 4.12. The van der Waals surface area contributed by atoms with E-state index < -0.39 is 18.5 Å². The molecule has 0 fully saturated rings. The lowest BCUT2D eigenvalue weighted by molar-refractivity contribution is -0.147. The number of amides is 1. The Morgan fingerprint density at radius 2 is 1.82 bits per heavy atom. The number of halogens is 1. The van der Waals surface area contributed by atoms with Gasteiger partial charge in [0, 0.05) is 17.7 Å². The number of rotatable bonds is 7. The molecule has 0 bridgehead atoms. The molecule has 0 spiro atoms. The summed E-state index contributed by atoms with van der Waals surface area (Å²) in [6, 6.07) is 11.7. The molecule has 0 aliphatic carbocycles. The maximum absolute atomic E-state index is 12.2. The standard InChI is InChI=1S/C21H19ClN2O4/c1-13-3-4-15(9-14(13)2)19(25)7-8-21(27)28-12-20(26)24-17-6-5-16(11-23)18(22)10-17/h3-6,9-10H,7-8,12H2,1-2H3,(H,24,26). The molecular weight excluding hydrogens is 380 g/mol. The first kappa shape index (κ1) is 21.1. The monoisotopic (exact) mass is 398 g/mol. The lowest BCUT2D eigenvalue weighted by atomic mass is 10.0. The SMILES string of the molecule is Cc1ccc(C(=O)CCC(=O)OCC(=O)Nc2ccc(C#N)c(Cl)c2)cc1C. The van der Waals surface area contributed by atoms with Crippen molar-refractivity contribution in [3.63, 3.8) is 0 Å². The Morgan fingerprint density at radius 1 is 1.07 bits per heavy atom. The number of nitrogens with zero attached hydrogens (tertiary/aromatic N) is 1. The Kier molecular flexibility index (Phi) is 7.30. The molecule has 28 heavy (non-hydrogen) atoms. The van der Waals surface area contributed by atoms with Gasteiger partial charge >= 0.3 is 5.97 Å². The fourth-order valence-electron chi connectivity index (χ4n) is 2.37. The zero-order valence-corrected chi connectivity index (χ0v) is 16.3. The Hall–Kier alpha value is -3.17. The van der Waals surface area contributed by atoms with Gasteiger partial charge in [-0.3, -0.25) is 14.4 Å². The summed E-state index contributed by atoms with van der Waals surface area (Å²) in [5, 5.41) is 11.5. The van der Waals surface area contributed by atoms with Crippen molar-refractivity contribution in [1.29, 1.82) is 5.26 Å². The van der Waals surface area contributed by atoms with Crippen molar-refractivity contribution in [1.82, 2.24) is 0 Å². The lowest BCUT2D eigenvalue weighted by Gasteiger charge is -2.08. The summed E-state index contributed by atoms with van der Waals surface area (Å²) in [4.78, 5) is 35.8. The van der Waals surface area contributed by atoms with Crippen LogP contribution in [0.3, 0.4) is 0 Å². The molecule has 2 aromatic rings. The first-order chi connectivity index (χ1) is 13.3. The molecule has 0 saturated carbocycles. The number of ketones is 1. The lowest BCUT2D eigenvalue weighted by Crippen LogP contribution is -2.21. The number of anilines is 1. The van der Waals surface area contributed by atoms with Crippen LogP contribution in [0.25, 0.3) is 0 Å². The van der Waals surface area contributed by atoms with Gasteiger partial charge in [0.25, 0.3) is 5.91 Å². The van der Waals surface area contributed by atoms with Crippen LogP contribution in [0.1, 0.15) is 39.9 Å². The van der Waals surface area contributed by atoms with Gasteiger partial charge in [0.05, 0.1) is 17.0 Å². The van der Waals surface area contributed by atoms with Crippen molar-refractivity contribution < 1.29 is 19.1 Å².